The van der Waals surface area contributed by atoms with Gasteiger partial charge >= 0.3 is 5.69 Å². The SMILES string of the molecule is O=C(COc1ccccc1[N+](=O)[O-])Nc1ccc(Oc2ccc3c(c2)C(=O)N(CC2CCCO2)C3=O)cc1. The molecule has 1 atom stereocenters. The van der Waals surface area contributed by atoms with Gasteiger partial charge in [0.25, 0.3) is 17.7 Å². The van der Waals surface area contributed by atoms with Crippen molar-refractivity contribution in [2.24, 2.45) is 0 Å². The fraction of sp³-hybridized carbons (Fsp3) is 0.222. The summed E-state index contributed by atoms with van der Waals surface area (Å²) in [5, 5.41) is 13.7. The molecule has 2 aliphatic heterocycles. The summed E-state index contributed by atoms with van der Waals surface area (Å²) in [5.74, 6) is -0.359. The first kappa shape index (κ1) is 24.9. The van der Waals surface area contributed by atoms with Crippen LogP contribution in [-0.2, 0) is 9.53 Å². The number of fused-ring (bicyclic) bond motifs is 1. The summed E-state index contributed by atoms with van der Waals surface area (Å²) in [6, 6.07) is 17.0. The maximum atomic E-state index is 12.9. The van der Waals surface area contributed by atoms with Crippen LogP contribution < -0.4 is 14.8 Å². The van der Waals surface area contributed by atoms with E-state index in [1.165, 1.54) is 23.1 Å². The lowest BCUT2D eigenvalue weighted by atomic mass is 10.1. The normalized spacial score (nSPS) is 16.3. The van der Waals surface area contributed by atoms with E-state index in [9.17, 15) is 24.5 Å². The van der Waals surface area contributed by atoms with Crippen molar-refractivity contribution in [2.45, 2.75) is 18.9 Å². The number of carbonyl (C=O) groups excluding carboxylic acids is 3. The average Bonchev–Trinajstić information content (AvgIpc) is 3.51. The number of para-hydroxylation sites is 2. The van der Waals surface area contributed by atoms with Crippen LogP contribution in [0.2, 0.25) is 0 Å². The molecule has 1 N–H and O–H groups in total. The van der Waals surface area contributed by atoms with Gasteiger partial charge in [0.05, 0.1) is 28.7 Å². The van der Waals surface area contributed by atoms with Gasteiger partial charge in [-0.2, -0.15) is 0 Å². The number of anilines is 1. The Labute approximate surface area is 217 Å². The Kier molecular flexibility index (Phi) is 7.00. The van der Waals surface area contributed by atoms with Gasteiger partial charge < -0.3 is 19.5 Å². The number of imide groups is 1. The van der Waals surface area contributed by atoms with Crippen LogP contribution in [0, 0.1) is 10.1 Å². The molecular weight excluding hydrogens is 494 g/mol. The molecule has 38 heavy (non-hydrogen) atoms. The van der Waals surface area contributed by atoms with Crippen molar-refractivity contribution in [2.75, 3.05) is 25.1 Å². The van der Waals surface area contributed by atoms with Crippen LogP contribution in [0.15, 0.2) is 66.7 Å². The number of rotatable bonds is 9. The molecule has 3 aromatic rings. The molecule has 1 saturated heterocycles. The number of nitro groups is 1. The maximum absolute atomic E-state index is 12.9. The van der Waals surface area contributed by atoms with Crippen LogP contribution in [-0.4, -0.2) is 53.4 Å². The average molecular weight is 517 g/mol. The third-order valence-electron chi connectivity index (χ3n) is 6.15. The van der Waals surface area contributed by atoms with E-state index in [0.717, 1.165) is 12.8 Å². The minimum atomic E-state index is -0.581. The highest BCUT2D eigenvalue weighted by Gasteiger charge is 2.37. The first-order chi connectivity index (χ1) is 18.4. The minimum Gasteiger partial charge on any atom is -0.477 e. The number of nitro benzene ring substituents is 1. The van der Waals surface area contributed by atoms with Crippen LogP contribution in [0.1, 0.15) is 33.6 Å². The zero-order valence-corrected chi connectivity index (χ0v) is 20.1. The van der Waals surface area contributed by atoms with Crippen molar-refractivity contribution in [1.29, 1.82) is 0 Å². The molecule has 0 aliphatic carbocycles. The lowest BCUT2D eigenvalue weighted by Gasteiger charge is -2.17. The molecule has 0 aromatic heterocycles. The van der Waals surface area contributed by atoms with Crippen LogP contribution >= 0.6 is 0 Å². The third kappa shape index (κ3) is 5.32. The number of amides is 3. The van der Waals surface area contributed by atoms with E-state index in [-0.39, 0.29) is 41.5 Å². The first-order valence-electron chi connectivity index (χ1n) is 11.9. The second-order valence-electron chi connectivity index (χ2n) is 8.75. The second-order valence-corrected chi connectivity index (χ2v) is 8.75. The monoisotopic (exact) mass is 517 g/mol. The molecule has 11 nitrogen and oxygen atoms in total. The number of carbonyl (C=O) groups is 3. The Morgan fingerprint density at radius 2 is 1.76 bits per heavy atom. The zero-order chi connectivity index (χ0) is 26.6. The van der Waals surface area contributed by atoms with E-state index >= 15 is 0 Å². The fourth-order valence-electron chi connectivity index (χ4n) is 4.30. The summed E-state index contributed by atoms with van der Waals surface area (Å²) >= 11 is 0. The topological polar surface area (TPSA) is 137 Å². The Hall–Kier alpha value is -4.77. The molecule has 0 saturated carbocycles. The summed E-state index contributed by atoms with van der Waals surface area (Å²) in [4.78, 5) is 49.5. The molecule has 0 spiro atoms. The summed E-state index contributed by atoms with van der Waals surface area (Å²) in [6.45, 7) is 0.471. The van der Waals surface area contributed by atoms with Gasteiger partial charge in [0, 0.05) is 18.4 Å². The molecule has 1 fully saturated rings. The van der Waals surface area contributed by atoms with Crippen molar-refractivity contribution in [3.8, 4) is 17.2 Å². The van der Waals surface area contributed by atoms with Crippen LogP contribution in [0.3, 0.4) is 0 Å². The standard InChI is InChI=1S/C27H23N3O8/c31-25(16-37-24-6-2-1-5-23(24)30(34)35)28-17-7-9-18(10-8-17)38-19-11-12-21-22(14-19)27(33)29(26(21)32)15-20-4-3-13-36-20/h1-2,5-12,14,20H,3-4,13,15-16H2,(H,28,31). The molecule has 5 rings (SSSR count). The molecule has 2 aliphatic rings. The highest BCUT2D eigenvalue weighted by atomic mass is 16.6. The summed E-state index contributed by atoms with van der Waals surface area (Å²) in [7, 11) is 0. The van der Waals surface area contributed by atoms with Gasteiger partial charge in [-0.3, -0.25) is 29.4 Å². The third-order valence-corrected chi connectivity index (χ3v) is 6.15. The quantitative estimate of drug-likeness (QED) is 0.254. The van der Waals surface area contributed by atoms with Gasteiger partial charge in [-0.1, -0.05) is 12.1 Å². The van der Waals surface area contributed by atoms with Crippen molar-refractivity contribution in [3.05, 3.63) is 88.0 Å². The maximum Gasteiger partial charge on any atom is 0.310 e. The smallest absolute Gasteiger partial charge is 0.310 e. The van der Waals surface area contributed by atoms with E-state index in [2.05, 4.69) is 5.32 Å². The summed E-state index contributed by atoms with van der Waals surface area (Å²) in [6.07, 6.45) is 1.61. The fourth-order valence-corrected chi connectivity index (χ4v) is 4.30. The van der Waals surface area contributed by atoms with Gasteiger partial charge in [-0.05, 0) is 61.4 Å². The number of ether oxygens (including phenoxy) is 3. The predicted octanol–water partition coefficient (Wildman–Crippen LogP) is 4.18. The van der Waals surface area contributed by atoms with E-state index in [4.69, 9.17) is 14.2 Å². The first-order valence-corrected chi connectivity index (χ1v) is 11.9. The highest BCUT2D eigenvalue weighted by Crippen LogP contribution is 2.31. The van der Waals surface area contributed by atoms with Crippen molar-refractivity contribution in [1.82, 2.24) is 4.90 Å². The second kappa shape index (κ2) is 10.7. The lowest BCUT2D eigenvalue weighted by molar-refractivity contribution is -0.385. The minimum absolute atomic E-state index is 0.000849. The number of hydrogen-bond donors (Lipinski definition) is 1. The van der Waals surface area contributed by atoms with E-state index < -0.39 is 17.4 Å². The molecule has 194 valence electrons. The van der Waals surface area contributed by atoms with Crippen LogP contribution in [0.4, 0.5) is 11.4 Å². The molecule has 1 unspecified atom stereocenters. The molecular formula is C27H23N3O8. The van der Waals surface area contributed by atoms with Gasteiger partial charge in [0.15, 0.2) is 12.4 Å². The number of hydrogen-bond acceptors (Lipinski definition) is 8. The Bertz CT molecular complexity index is 1400. The van der Waals surface area contributed by atoms with E-state index in [1.807, 2.05) is 0 Å². The largest absolute Gasteiger partial charge is 0.477 e. The molecule has 3 aromatic carbocycles. The van der Waals surface area contributed by atoms with Gasteiger partial charge in [0.1, 0.15) is 11.5 Å². The van der Waals surface area contributed by atoms with Gasteiger partial charge in [-0.25, -0.2) is 0 Å². The Morgan fingerprint density at radius 1 is 1.03 bits per heavy atom. The Balaban J connectivity index is 1.17. The number of nitrogens with one attached hydrogen (secondary N) is 1. The predicted molar refractivity (Wildman–Crippen MR) is 135 cm³/mol. The van der Waals surface area contributed by atoms with Crippen molar-refractivity contribution >= 4 is 29.1 Å². The lowest BCUT2D eigenvalue weighted by Crippen LogP contribution is -2.36. The van der Waals surface area contributed by atoms with Crippen molar-refractivity contribution in [3.63, 3.8) is 0 Å². The Morgan fingerprint density at radius 3 is 2.50 bits per heavy atom. The summed E-state index contributed by atoms with van der Waals surface area (Å²) in [5.41, 5.74) is 0.859. The van der Waals surface area contributed by atoms with Gasteiger partial charge in [-0.15, -0.1) is 0 Å². The highest BCUT2D eigenvalue weighted by molar-refractivity contribution is 6.21. The molecule has 11 heteroatoms. The molecule has 0 bridgehead atoms. The van der Waals surface area contributed by atoms with Crippen LogP contribution in [0.25, 0.3) is 0 Å². The van der Waals surface area contributed by atoms with Crippen molar-refractivity contribution < 1.29 is 33.5 Å². The van der Waals surface area contributed by atoms with E-state index in [0.29, 0.717) is 29.4 Å². The van der Waals surface area contributed by atoms with E-state index in [1.54, 1.807) is 48.5 Å². The zero-order valence-electron chi connectivity index (χ0n) is 20.1. The van der Waals surface area contributed by atoms with Gasteiger partial charge in [0.2, 0.25) is 0 Å². The number of nitrogens with zero attached hydrogens (tertiary/aromatic N) is 2. The van der Waals surface area contributed by atoms with Crippen LogP contribution in [0.5, 0.6) is 17.2 Å². The molecule has 3 amide bonds. The molecule has 0 radical (unpaired) electrons. The molecule has 2 heterocycles. The summed E-state index contributed by atoms with van der Waals surface area (Å²) < 4.78 is 16.7. The number of benzene rings is 3.